The summed E-state index contributed by atoms with van der Waals surface area (Å²) in [5.74, 6) is -1.96. The lowest BCUT2D eigenvalue weighted by Crippen LogP contribution is -2.49. The van der Waals surface area contributed by atoms with Gasteiger partial charge in [0.2, 0.25) is 5.91 Å². The van der Waals surface area contributed by atoms with Gasteiger partial charge in [-0.2, -0.15) is 13.2 Å². The van der Waals surface area contributed by atoms with Gasteiger partial charge >= 0.3 is 12.1 Å². The molecule has 2 fully saturated rings. The Hall–Kier alpha value is -2.03. The topological polar surface area (TPSA) is 73.7 Å². The van der Waals surface area contributed by atoms with Crippen molar-refractivity contribution in [3.8, 4) is 0 Å². The molecule has 0 radical (unpaired) electrons. The van der Waals surface area contributed by atoms with Crippen molar-refractivity contribution in [1.82, 2.24) is 9.88 Å². The highest BCUT2D eigenvalue weighted by molar-refractivity contribution is 6.33. The summed E-state index contributed by atoms with van der Waals surface area (Å²) in [6.07, 6.45) is -3.41. The molecule has 0 bridgehead atoms. The Bertz CT molecular complexity index is 705. The molecule has 25 heavy (non-hydrogen) atoms. The highest BCUT2D eigenvalue weighted by Crippen LogP contribution is 2.40. The zero-order valence-corrected chi connectivity index (χ0v) is 13.7. The lowest BCUT2D eigenvalue weighted by molar-refractivity contribution is -0.142. The Labute approximate surface area is 146 Å². The molecule has 10 heteroatoms. The van der Waals surface area contributed by atoms with E-state index in [0.29, 0.717) is 32.6 Å². The van der Waals surface area contributed by atoms with E-state index in [1.807, 2.05) is 0 Å². The number of rotatable bonds is 3. The van der Waals surface area contributed by atoms with Gasteiger partial charge in [0, 0.05) is 32.4 Å². The van der Waals surface area contributed by atoms with Crippen molar-refractivity contribution in [3.05, 3.63) is 22.8 Å². The van der Waals surface area contributed by atoms with Crippen molar-refractivity contribution in [3.63, 3.8) is 0 Å². The predicted octanol–water partition coefficient (Wildman–Crippen LogP) is 2.12. The van der Waals surface area contributed by atoms with Crippen LogP contribution in [0.15, 0.2) is 12.3 Å². The van der Waals surface area contributed by atoms with Gasteiger partial charge in [-0.25, -0.2) is 4.98 Å². The first-order valence-electron chi connectivity index (χ1n) is 7.67. The van der Waals surface area contributed by atoms with E-state index in [1.165, 1.54) is 0 Å². The second-order valence-electron chi connectivity index (χ2n) is 6.13. The number of piperazine rings is 1. The number of nitrogens with zero attached hydrogens (tertiary/aromatic N) is 3. The Kier molecular flexibility index (Phi) is 4.52. The number of alkyl halides is 3. The Morgan fingerprint density at radius 1 is 1.20 bits per heavy atom. The summed E-state index contributed by atoms with van der Waals surface area (Å²) in [7, 11) is 0. The van der Waals surface area contributed by atoms with E-state index in [9.17, 15) is 22.8 Å². The van der Waals surface area contributed by atoms with E-state index < -0.39 is 29.5 Å². The highest BCUT2D eigenvalue weighted by Gasteiger charge is 2.50. The monoisotopic (exact) mass is 377 g/mol. The summed E-state index contributed by atoms with van der Waals surface area (Å²) < 4.78 is 38.0. The maximum Gasteiger partial charge on any atom is 0.417 e. The van der Waals surface area contributed by atoms with Crippen LogP contribution in [0.3, 0.4) is 0 Å². The number of hydrogen-bond acceptors (Lipinski definition) is 4. The summed E-state index contributed by atoms with van der Waals surface area (Å²) in [5.41, 5.74) is -0.913. The molecular weight excluding hydrogens is 363 g/mol. The van der Waals surface area contributed by atoms with E-state index in [1.54, 1.807) is 9.80 Å². The molecule has 1 aromatic rings. The number of halogens is 4. The largest absolute Gasteiger partial charge is 0.481 e. The number of carboxylic acid groups (broad SMARTS) is 1. The van der Waals surface area contributed by atoms with Crippen LogP contribution in [0.2, 0.25) is 5.02 Å². The van der Waals surface area contributed by atoms with Crippen LogP contribution in [0.1, 0.15) is 12.0 Å². The highest BCUT2D eigenvalue weighted by atomic mass is 35.5. The van der Waals surface area contributed by atoms with Crippen molar-refractivity contribution in [2.45, 2.75) is 12.6 Å². The van der Waals surface area contributed by atoms with Crippen LogP contribution in [0.4, 0.5) is 19.0 Å². The average molecular weight is 378 g/mol. The molecule has 1 saturated carbocycles. The van der Waals surface area contributed by atoms with Gasteiger partial charge in [-0.05, 0) is 12.5 Å². The second-order valence-corrected chi connectivity index (χ2v) is 6.53. The molecule has 1 saturated heterocycles. The SMILES string of the molecule is O=C(O)[C@@H]1C[C@H]1C(=O)N1CCN(c2ncc(C(F)(F)F)cc2Cl)CC1. The van der Waals surface area contributed by atoms with Gasteiger partial charge in [-0.1, -0.05) is 11.6 Å². The predicted molar refractivity (Wildman–Crippen MR) is 82.3 cm³/mol. The number of carbonyl (C=O) groups is 2. The van der Waals surface area contributed by atoms with Crippen molar-refractivity contribution >= 4 is 29.3 Å². The van der Waals surface area contributed by atoms with Crippen LogP contribution in [-0.4, -0.2) is 53.0 Å². The lowest BCUT2D eigenvalue weighted by Gasteiger charge is -2.36. The van der Waals surface area contributed by atoms with Crippen LogP contribution >= 0.6 is 11.6 Å². The number of carbonyl (C=O) groups excluding carboxylic acids is 1. The number of pyridine rings is 1. The number of carboxylic acids is 1. The van der Waals surface area contributed by atoms with E-state index in [-0.39, 0.29) is 16.7 Å². The molecule has 1 aliphatic heterocycles. The van der Waals surface area contributed by atoms with Gasteiger partial charge < -0.3 is 14.9 Å². The average Bonchev–Trinajstić information content (AvgIpc) is 3.34. The number of aromatic nitrogens is 1. The number of hydrogen-bond donors (Lipinski definition) is 1. The molecule has 2 atom stereocenters. The first-order valence-corrected chi connectivity index (χ1v) is 8.05. The fraction of sp³-hybridized carbons (Fsp3) is 0.533. The van der Waals surface area contributed by atoms with Crippen LogP contribution in [0, 0.1) is 11.8 Å². The third-order valence-electron chi connectivity index (χ3n) is 4.46. The second kappa shape index (κ2) is 6.36. The molecule has 1 aliphatic carbocycles. The number of aliphatic carboxylic acids is 1. The first kappa shape index (κ1) is 17.8. The third-order valence-corrected chi connectivity index (χ3v) is 4.74. The van der Waals surface area contributed by atoms with E-state index in [2.05, 4.69) is 4.98 Å². The molecule has 3 rings (SSSR count). The summed E-state index contributed by atoms with van der Waals surface area (Å²) in [4.78, 5) is 30.2. The van der Waals surface area contributed by atoms with E-state index >= 15 is 0 Å². The molecule has 0 spiro atoms. The van der Waals surface area contributed by atoms with Gasteiger partial charge in [0.05, 0.1) is 22.4 Å². The smallest absolute Gasteiger partial charge is 0.417 e. The Balaban J connectivity index is 1.61. The quantitative estimate of drug-likeness (QED) is 0.873. The molecule has 0 aromatic carbocycles. The molecule has 1 amide bonds. The minimum Gasteiger partial charge on any atom is -0.481 e. The van der Waals surface area contributed by atoms with Gasteiger partial charge in [0.15, 0.2) is 0 Å². The fourth-order valence-electron chi connectivity index (χ4n) is 2.93. The zero-order chi connectivity index (χ0) is 18.4. The maximum atomic E-state index is 12.7. The molecular formula is C15H15ClF3N3O3. The summed E-state index contributed by atoms with van der Waals surface area (Å²) in [5, 5.41) is 8.80. The van der Waals surface area contributed by atoms with Crippen molar-refractivity contribution < 1.29 is 27.9 Å². The van der Waals surface area contributed by atoms with Gasteiger partial charge in [-0.15, -0.1) is 0 Å². The Morgan fingerprint density at radius 2 is 1.84 bits per heavy atom. The summed E-state index contributed by atoms with van der Waals surface area (Å²) >= 11 is 5.93. The van der Waals surface area contributed by atoms with Gasteiger partial charge in [-0.3, -0.25) is 9.59 Å². The van der Waals surface area contributed by atoms with Crippen LogP contribution in [0.5, 0.6) is 0 Å². The fourth-order valence-corrected chi connectivity index (χ4v) is 3.22. The maximum absolute atomic E-state index is 12.7. The van der Waals surface area contributed by atoms with Gasteiger partial charge in [0.1, 0.15) is 5.82 Å². The lowest BCUT2D eigenvalue weighted by atomic mass is 10.2. The number of anilines is 1. The van der Waals surface area contributed by atoms with Crippen molar-refractivity contribution in [2.75, 3.05) is 31.1 Å². The molecule has 2 aliphatic rings. The minimum atomic E-state index is -4.51. The van der Waals surface area contributed by atoms with Crippen molar-refractivity contribution in [2.24, 2.45) is 11.8 Å². The van der Waals surface area contributed by atoms with Crippen LogP contribution in [-0.2, 0) is 15.8 Å². The molecule has 6 nitrogen and oxygen atoms in total. The van der Waals surface area contributed by atoms with Gasteiger partial charge in [0.25, 0.3) is 0 Å². The van der Waals surface area contributed by atoms with Crippen molar-refractivity contribution in [1.29, 1.82) is 0 Å². The standard InChI is InChI=1S/C15H15ClF3N3O3/c16-11-5-8(15(17,18)19)7-20-12(11)21-1-3-22(4-2-21)13(23)9-6-10(9)14(24)25/h5,7,9-10H,1-4,6H2,(H,24,25)/t9-,10-/m1/s1. The first-order chi connectivity index (χ1) is 11.7. The molecule has 136 valence electrons. The minimum absolute atomic E-state index is 0.0947. The molecule has 1 N–H and O–H groups in total. The molecule has 1 aromatic heterocycles. The zero-order valence-electron chi connectivity index (χ0n) is 13.0. The number of amides is 1. The van der Waals surface area contributed by atoms with Crippen LogP contribution in [0.25, 0.3) is 0 Å². The normalized spacial score (nSPS) is 23.5. The molecule has 2 heterocycles. The summed E-state index contributed by atoms with van der Waals surface area (Å²) in [6.45, 7) is 1.43. The van der Waals surface area contributed by atoms with E-state index in [4.69, 9.17) is 16.7 Å². The Morgan fingerprint density at radius 3 is 2.32 bits per heavy atom. The van der Waals surface area contributed by atoms with Crippen LogP contribution < -0.4 is 4.90 Å². The molecule has 0 unspecified atom stereocenters. The summed E-state index contributed by atoms with van der Waals surface area (Å²) in [6, 6.07) is 0.836. The van der Waals surface area contributed by atoms with E-state index in [0.717, 1.165) is 12.3 Å². The third kappa shape index (κ3) is 3.65.